The number of halogens is 3. The van der Waals surface area contributed by atoms with Gasteiger partial charge in [-0.05, 0) is 43.4 Å². The Morgan fingerprint density at radius 2 is 1.89 bits per heavy atom. The number of benzene rings is 2. The second-order valence-corrected chi connectivity index (χ2v) is 7.88. The summed E-state index contributed by atoms with van der Waals surface area (Å²) in [5.41, 5.74) is 0.287. The van der Waals surface area contributed by atoms with Crippen molar-refractivity contribution >= 4 is 45.0 Å². The van der Waals surface area contributed by atoms with Gasteiger partial charge in [0.1, 0.15) is 27.6 Å². The minimum atomic E-state index is -1.69. The van der Waals surface area contributed by atoms with Crippen molar-refractivity contribution in [2.75, 3.05) is 12.4 Å². The fourth-order valence-electron chi connectivity index (χ4n) is 2.10. The zero-order valence-corrected chi connectivity index (χ0v) is 16.0. The molecule has 1 unspecified atom stereocenters. The Labute approximate surface area is 164 Å². The molecule has 3 rings (SSSR count). The molecule has 0 saturated heterocycles. The van der Waals surface area contributed by atoms with Gasteiger partial charge in [-0.3, -0.25) is 10.1 Å². The summed E-state index contributed by atoms with van der Waals surface area (Å²) in [6, 6.07) is 7.65. The van der Waals surface area contributed by atoms with Gasteiger partial charge >= 0.3 is 0 Å². The van der Waals surface area contributed by atoms with Crippen LogP contribution in [0.1, 0.15) is 10.4 Å². The molecule has 0 bridgehead atoms. The molecule has 6 nitrogen and oxygen atoms in total. The number of nitrogens with zero attached hydrogens (tertiary/aromatic N) is 2. The lowest BCUT2D eigenvalue weighted by Gasteiger charge is -2.08. The molecule has 0 spiro atoms. The molecular formula is C16H11ClF2N4O2S2. The smallest absolute Gasteiger partial charge is 0.260 e. The van der Waals surface area contributed by atoms with Crippen LogP contribution in [0.15, 0.2) is 41.3 Å². The number of anilines is 1. The van der Waals surface area contributed by atoms with Crippen molar-refractivity contribution in [3.63, 3.8) is 0 Å². The third kappa shape index (κ3) is 4.35. The summed E-state index contributed by atoms with van der Waals surface area (Å²) in [5.74, 6) is -2.04. The molecule has 2 aromatic carbocycles. The molecule has 1 aromatic heterocycles. The zero-order chi connectivity index (χ0) is 19.6. The Balaban J connectivity index is 1.84. The van der Waals surface area contributed by atoms with Crippen molar-refractivity contribution in [1.29, 1.82) is 0 Å². The van der Waals surface area contributed by atoms with E-state index in [1.165, 1.54) is 31.3 Å². The van der Waals surface area contributed by atoms with Crippen LogP contribution in [-0.2, 0) is 11.0 Å². The van der Waals surface area contributed by atoms with E-state index in [4.69, 9.17) is 11.6 Å². The quantitative estimate of drug-likeness (QED) is 0.650. The highest BCUT2D eigenvalue weighted by molar-refractivity contribution is 7.83. The maximum absolute atomic E-state index is 14.1. The van der Waals surface area contributed by atoms with E-state index >= 15 is 0 Å². The topological polar surface area (TPSA) is 84.0 Å². The molecule has 0 aliphatic heterocycles. The van der Waals surface area contributed by atoms with Crippen molar-refractivity contribution in [1.82, 2.24) is 14.9 Å². The van der Waals surface area contributed by atoms with E-state index in [-0.39, 0.29) is 26.4 Å². The SMILES string of the molecule is CNS(=O)c1cc(C(=O)Nc2nnc(-c3ccc(F)cc3)s2)c(F)cc1Cl. The lowest BCUT2D eigenvalue weighted by molar-refractivity contribution is 0.102. The van der Waals surface area contributed by atoms with E-state index in [1.807, 2.05) is 0 Å². The van der Waals surface area contributed by atoms with E-state index in [0.29, 0.717) is 10.6 Å². The van der Waals surface area contributed by atoms with E-state index in [1.54, 1.807) is 0 Å². The number of hydrogen-bond acceptors (Lipinski definition) is 5. The summed E-state index contributed by atoms with van der Waals surface area (Å²) < 4.78 is 41.5. The van der Waals surface area contributed by atoms with Crippen LogP contribution in [0.4, 0.5) is 13.9 Å². The van der Waals surface area contributed by atoms with Gasteiger partial charge in [0, 0.05) is 5.56 Å². The van der Waals surface area contributed by atoms with Crippen molar-refractivity contribution < 1.29 is 17.8 Å². The number of carbonyl (C=O) groups excluding carboxylic acids is 1. The van der Waals surface area contributed by atoms with Crippen molar-refractivity contribution in [3.8, 4) is 10.6 Å². The average molecular weight is 429 g/mol. The van der Waals surface area contributed by atoms with Crippen LogP contribution in [0.25, 0.3) is 10.6 Å². The molecule has 1 atom stereocenters. The number of hydrogen-bond donors (Lipinski definition) is 2. The Bertz CT molecular complexity index is 1030. The summed E-state index contributed by atoms with van der Waals surface area (Å²) in [7, 11) is -0.253. The molecule has 0 radical (unpaired) electrons. The van der Waals surface area contributed by atoms with Crippen molar-refractivity contribution in [2.24, 2.45) is 0 Å². The maximum Gasteiger partial charge on any atom is 0.260 e. The van der Waals surface area contributed by atoms with Crippen LogP contribution >= 0.6 is 22.9 Å². The van der Waals surface area contributed by atoms with Gasteiger partial charge in [-0.2, -0.15) is 0 Å². The molecule has 0 aliphatic rings. The lowest BCUT2D eigenvalue weighted by Crippen LogP contribution is -2.16. The van der Waals surface area contributed by atoms with Crippen molar-refractivity contribution in [2.45, 2.75) is 4.90 Å². The predicted octanol–water partition coefficient (Wildman–Crippen LogP) is 3.63. The normalized spacial score (nSPS) is 12.0. The monoisotopic (exact) mass is 428 g/mol. The van der Waals surface area contributed by atoms with Crippen LogP contribution in [-0.4, -0.2) is 27.4 Å². The molecule has 140 valence electrons. The van der Waals surface area contributed by atoms with Gasteiger partial charge in [0.25, 0.3) is 5.91 Å². The molecule has 2 N–H and O–H groups in total. The van der Waals surface area contributed by atoms with Gasteiger partial charge < -0.3 is 0 Å². The van der Waals surface area contributed by atoms with Gasteiger partial charge in [-0.15, -0.1) is 10.2 Å². The Morgan fingerprint density at radius 1 is 1.19 bits per heavy atom. The standard InChI is InChI=1S/C16H11ClF2N4O2S2/c1-20-27(25)13-6-10(12(19)7-11(13)17)14(24)21-16-23-22-15(26-16)8-2-4-9(18)5-3-8/h2-7,20H,1H3,(H,21,23,24). The number of nitrogens with one attached hydrogen (secondary N) is 2. The Kier molecular flexibility index (Phi) is 5.90. The minimum absolute atomic E-state index is 0.0637. The highest BCUT2D eigenvalue weighted by Gasteiger charge is 2.19. The van der Waals surface area contributed by atoms with E-state index in [2.05, 4.69) is 20.2 Å². The molecule has 1 amide bonds. The van der Waals surface area contributed by atoms with Crippen LogP contribution in [0.5, 0.6) is 0 Å². The lowest BCUT2D eigenvalue weighted by atomic mass is 10.2. The van der Waals surface area contributed by atoms with Crippen LogP contribution in [0.3, 0.4) is 0 Å². The van der Waals surface area contributed by atoms with Crippen LogP contribution < -0.4 is 10.0 Å². The summed E-state index contributed by atoms with van der Waals surface area (Å²) in [6.07, 6.45) is 0. The van der Waals surface area contributed by atoms with Gasteiger partial charge in [-0.25, -0.2) is 17.7 Å². The minimum Gasteiger partial charge on any atom is -0.296 e. The van der Waals surface area contributed by atoms with Gasteiger partial charge in [-0.1, -0.05) is 22.9 Å². The summed E-state index contributed by atoms with van der Waals surface area (Å²) >= 11 is 6.91. The number of carbonyl (C=O) groups is 1. The third-order valence-electron chi connectivity index (χ3n) is 3.39. The maximum atomic E-state index is 14.1. The molecular weight excluding hydrogens is 418 g/mol. The molecule has 0 fully saturated rings. The molecule has 0 saturated carbocycles. The molecule has 0 aliphatic carbocycles. The Hall–Kier alpha value is -2.27. The average Bonchev–Trinajstić information content (AvgIpc) is 3.10. The van der Waals surface area contributed by atoms with E-state index in [0.717, 1.165) is 23.5 Å². The van der Waals surface area contributed by atoms with Gasteiger partial charge in [0.15, 0.2) is 0 Å². The largest absolute Gasteiger partial charge is 0.296 e. The number of rotatable bonds is 5. The summed E-state index contributed by atoms with van der Waals surface area (Å²) in [4.78, 5) is 12.5. The van der Waals surface area contributed by atoms with E-state index < -0.39 is 22.7 Å². The van der Waals surface area contributed by atoms with Crippen LogP contribution in [0, 0.1) is 11.6 Å². The first-order valence-corrected chi connectivity index (χ1v) is 9.72. The van der Waals surface area contributed by atoms with Gasteiger partial charge in [0.05, 0.1) is 15.5 Å². The highest BCUT2D eigenvalue weighted by atomic mass is 35.5. The third-order valence-corrected chi connectivity index (χ3v) is 5.81. The first-order valence-electron chi connectivity index (χ1n) is 7.38. The Morgan fingerprint density at radius 3 is 2.56 bits per heavy atom. The van der Waals surface area contributed by atoms with E-state index in [9.17, 15) is 17.8 Å². The number of aromatic nitrogens is 2. The molecule has 1 heterocycles. The van der Waals surface area contributed by atoms with Crippen LogP contribution in [0.2, 0.25) is 5.02 Å². The second kappa shape index (κ2) is 8.17. The summed E-state index contributed by atoms with van der Waals surface area (Å²) in [6.45, 7) is 0. The molecule has 27 heavy (non-hydrogen) atoms. The highest BCUT2D eigenvalue weighted by Crippen LogP contribution is 2.28. The second-order valence-electron chi connectivity index (χ2n) is 5.11. The zero-order valence-electron chi connectivity index (χ0n) is 13.6. The molecule has 3 aromatic rings. The fourth-order valence-corrected chi connectivity index (χ4v) is 3.89. The predicted molar refractivity (Wildman–Crippen MR) is 100 cm³/mol. The summed E-state index contributed by atoms with van der Waals surface area (Å²) in [5, 5.41) is 10.7. The first kappa shape index (κ1) is 19.5. The van der Waals surface area contributed by atoms with Gasteiger partial charge in [0.2, 0.25) is 5.13 Å². The first-order chi connectivity index (χ1) is 12.9. The molecule has 11 heteroatoms. The van der Waals surface area contributed by atoms with Crippen molar-refractivity contribution in [3.05, 3.63) is 58.6 Å². The number of amides is 1. The fraction of sp³-hybridized carbons (Fsp3) is 0.0625.